The molecule has 4 nitrogen and oxygen atoms in total. The minimum atomic E-state index is -0.0796. The Morgan fingerprint density at radius 1 is 1.50 bits per heavy atom. The van der Waals surface area contributed by atoms with E-state index in [4.69, 9.17) is 22.1 Å². The van der Waals surface area contributed by atoms with Gasteiger partial charge in [-0.3, -0.25) is 4.79 Å². The van der Waals surface area contributed by atoms with E-state index in [0.717, 1.165) is 6.42 Å². The van der Waals surface area contributed by atoms with E-state index in [1.54, 1.807) is 18.2 Å². The lowest BCUT2D eigenvalue weighted by Gasteiger charge is -2.12. The lowest BCUT2D eigenvalue weighted by atomic mass is 10.2. The summed E-state index contributed by atoms with van der Waals surface area (Å²) in [6.07, 6.45) is 1.97. The van der Waals surface area contributed by atoms with Crippen LogP contribution in [0.25, 0.3) is 0 Å². The highest BCUT2D eigenvalue weighted by Gasteiger charge is 2.08. The number of ether oxygens (including phenoxy) is 1. The molecule has 0 saturated heterocycles. The largest absolute Gasteiger partial charge is 0.491 e. The van der Waals surface area contributed by atoms with Crippen LogP contribution in [-0.4, -0.2) is 19.1 Å². The molecule has 1 aromatic rings. The highest BCUT2D eigenvalue weighted by atomic mass is 35.5. The number of hydrogen-bond acceptors (Lipinski definition) is 3. The molecule has 0 aliphatic heterocycles. The second-order valence-electron chi connectivity index (χ2n) is 3.93. The molecule has 3 N–H and O–H groups in total. The second kappa shape index (κ2) is 7.95. The number of nitrogens with two attached hydrogens (primary N) is 1. The summed E-state index contributed by atoms with van der Waals surface area (Å²) < 4.78 is 5.55. The summed E-state index contributed by atoms with van der Waals surface area (Å²) >= 11 is 5.91. The van der Waals surface area contributed by atoms with Crippen LogP contribution >= 0.6 is 11.6 Å². The van der Waals surface area contributed by atoms with E-state index in [0.29, 0.717) is 42.5 Å². The van der Waals surface area contributed by atoms with Gasteiger partial charge in [-0.2, -0.15) is 0 Å². The van der Waals surface area contributed by atoms with E-state index in [9.17, 15) is 4.79 Å². The summed E-state index contributed by atoms with van der Waals surface area (Å²) in [5.41, 5.74) is 5.97. The zero-order valence-corrected chi connectivity index (χ0v) is 11.3. The Morgan fingerprint density at radius 2 is 2.28 bits per heavy atom. The van der Waals surface area contributed by atoms with Gasteiger partial charge in [-0.15, -0.1) is 0 Å². The van der Waals surface area contributed by atoms with Crippen LogP contribution < -0.4 is 15.8 Å². The van der Waals surface area contributed by atoms with Gasteiger partial charge in [0.25, 0.3) is 0 Å². The first kappa shape index (κ1) is 14.8. The van der Waals surface area contributed by atoms with Gasteiger partial charge in [0, 0.05) is 11.4 Å². The molecule has 0 aliphatic carbocycles. The van der Waals surface area contributed by atoms with Gasteiger partial charge in [0.05, 0.1) is 12.3 Å². The first-order chi connectivity index (χ1) is 8.67. The van der Waals surface area contributed by atoms with Crippen LogP contribution in [0.15, 0.2) is 18.2 Å². The number of hydrogen-bond donors (Lipinski definition) is 2. The number of benzene rings is 1. The van der Waals surface area contributed by atoms with Crippen LogP contribution in [0.2, 0.25) is 5.02 Å². The Hall–Kier alpha value is -1.26. The molecule has 100 valence electrons. The summed E-state index contributed by atoms with van der Waals surface area (Å²) in [6, 6.07) is 5.19. The zero-order chi connectivity index (χ0) is 13.4. The quantitative estimate of drug-likeness (QED) is 0.801. The molecule has 0 saturated carbocycles. The normalized spacial score (nSPS) is 10.2. The standard InChI is InChI=1S/C13H19ClN2O2/c1-2-8-18-12-6-5-10(14)9-11(12)16-13(17)4-3-7-15/h5-6,9H,2-4,7-8,15H2,1H3,(H,16,17). The molecule has 0 spiro atoms. The highest BCUT2D eigenvalue weighted by molar-refractivity contribution is 6.31. The van der Waals surface area contributed by atoms with Crippen molar-refractivity contribution in [2.45, 2.75) is 26.2 Å². The topological polar surface area (TPSA) is 64.3 Å². The number of halogens is 1. The van der Waals surface area contributed by atoms with E-state index in [1.165, 1.54) is 0 Å². The van der Waals surface area contributed by atoms with Crippen molar-refractivity contribution in [3.05, 3.63) is 23.2 Å². The Labute approximate surface area is 112 Å². The van der Waals surface area contributed by atoms with Crippen molar-refractivity contribution in [3.8, 4) is 5.75 Å². The lowest BCUT2D eigenvalue weighted by Crippen LogP contribution is -2.14. The van der Waals surface area contributed by atoms with Crippen LogP contribution in [0.5, 0.6) is 5.75 Å². The molecule has 0 fully saturated rings. The molecular weight excluding hydrogens is 252 g/mol. The van der Waals surface area contributed by atoms with Crippen LogP contribution in [0, 0.1) is 0 Å². The summed E-state index contributed by atoms with van der Waals surface area (Å²) in [5, 5.41) is 3.35. The molecule has 1 rings (SSSR count). The van der Waals surface area contributed by atoms with Gasteiger partial charge in [-0.1, -0.05) is 18.5 Å². The number of carbonyl (C=O) groups is 1. The number of carbonyl (C=O) groups excluding carboxylic acids is 1. The third kappa shape index (κ3) is 4.94. The van der Waals surface area contributed by atoms with Crippen LogP contribution in [0.1, 0.15) is 26.2 Å². The van der Waals surface area contributed by atoms with Crippen molar-refractivity contribution in [3.63, 3.8) is 0 Å². The number of amides is 1. The van der Waals surface area contributed by atoms with Gasteiger partial charge < -0.3 is 15.8 Å². The van der Waals surface area contributed by atoms with Gasteiger partial charge in [-0.25, -0.2) is 0 Å². The van der Waals surface area contributed by atoms with Gasteiger partial charge in [0.1, 0.15) is 5.75 Å². The maximum absolute atomic E-state index is 11.6. The third-order valence-corrected chi connectivity index (χ3v) is 2.52. The van der Waals surface area contributed by atoms with Gasteiger partial charge >= 0.3 is 0 Å². The van der Waals surface area contributed by atoms with Crippen molar-refractivity contribution in [2.24, 2.45) is 5.73 Å². The second-order valence-corrected chi connectivity index (χ2v) is 4.37. The molecule has 0 unspecified atom stereocenters. The Kier molecular flexibility index (Phi) is 6.54. The molecule has 1 aromatic carbocycles. The molecular formula is C13H19ClN2O2. The van der Waals surface area contributed by atoms with Gasteiger partial charge in [0.2, 0.25) is 5.91 Å². The van der Waals surface area contributed by atoms with Gasteiger partial charge in [0.15, 0.2) is 0 Å². The fraction of sp³-hybridized carbons (Fsp3) is 0.462. The predicted molar refractivity (Wildman–Crippen MR) is 74.2 cm³/mol. The smallest absolute Gasteiger partial charge is 0.224 e. The zero-order valence-electron chi connectivity index (χ0n) is 10.5. The highest BCUT2D eigenvalue weighted by Crippen LogP contribution is 2.28. The van der Waals surface area contributed by atoms with Crippen molar-refractivity contribution in [1.29, 1.82) is 0 Å². The van der Waals surface area contributed by atoms with Gasteiger partial charge in [-0.05, 0) is 37.6 Å². The number of nitrogens with one attached hydrogen (secondary N) is 1. The van der Waals surface area contributed by atoms with Crippen molar-refractivity contribution < 1.29 is 9.53 Å². The molecule has 1 amide bonds. The minimum Gasteiger partial charge on any atom is -0.491 e. The Morgan fingerprint density at radius 3 is 2.94 bits per heavy atom. The average Bonchev–Trinajstić information content (AvgIpc) is 2.35. The molecule has 0 aliphatic rings. The molecule has 0 aromatic heterocycles. The van der Waals surface area contributed by atoms with Crippen LogP contribution in [-0.2, 0) is 4.79 Å². The van der Waals surface area contributed by atoms with Crippen molar-refractivity contribution in [1.82, 2.24) is 0 Å². The summed E-state index contributed by atoms with van der Waals surface area (Å²) in [7, 11) is 0. The summed E-state index contributed by atoms with van der Waals surface area (Å²) in [4.78, 5) is 11.6. The molecule has 18 heavy (non-hydrogen) atoms. The van der Waals surface area contributed by atoms with Crippen LogP contribution in [0.3, 0.4) is 0 Å². The molecule has 0 bridgehead atoms. The summed E-state index contributed by atoms with van der Waals surface area (Å²) in [5.74, 6) is 0.561. The number of rotatable bonds is 7. The van der Waals surface area contributed by atoms with E-state index < -0.39 is 0 Å². The van der Waals surface area contributed by atoms with Crippen molar-refractivity contribution in [2.75, 3.05) is 18.5 Å². The minimum absolute atomic E-state index is 0.0796. The predicted octanol–water partition coefficient (Wildman–Crippen LogP) is 2.81. The third-order valence-electron chi connectivity index (χ3n) is 2.29. The first-order valence-electron chi connectivity index (χ1n) is 6.09. The maximum Gasteiger partial charge on any atom is 0.224 e. The van der Waals surface area contributed by atoms with E-state index in [-0.39, 0.29) is 5.91 Å². The maximum atomic E-state index is 11.6. The molecule has 0 heterocycles. The number of anilines is 1. The molecule has 5 heteroatoms. The average molecular weight is 271 g/mol. The Balaban J connectivity index is 2.71. The fourth-order valence-electron chi connectivity index (χ4n) is 1.41. The molecule has 0 radical (unpaired) electrons. The monoisotopic (exact) mass is 270 g/mol. The lowest BCUT2D eigenvalue weighted by molar-refractivity contribution is -0.116. The van der Waals surface area contributed by atoms with Crippen LogP contribution in [0.4, 0.5) is 5.69 Å². The first-order valence-corrected chi connectivity index (χ1v) is 6.47. The summed E-state index contributed by atoms with van der Waals surface area (Å²) in [6.45, 7) is 3.13. The van der Waals surface area contributed by atoms with Crippen molar-refractivity contribution >= 4 is 23.2 Å². The fourth-order valence-corrected chi connectivity index (χ4v) is 1.59. The SMILES string of the molecule is CCCOc1ccc(Cl)cc1NC(=O)CCCN. The van der Waals surface area contributed by atoms with E-state index in [2.05, 4.69) is 5.32 Å². The van der Waals surface area contributed by atoms with E-state index in [1.807, 2.05) is 6.92 Å². The Bertz CT molecular complexity index is 397. The van der Waals surface area contributed by atoms with E-state index >= 15 is 0 Å². The molecule has 0 atom stereocenters.